The summed E-state index contributed by atoms with van der Waals surface area (Å²) in [6, 6.07) is 0.331. The van der Waals surface area contributed by atoms with E-state index in [1.807, 2.05) is 13.8 Å². The molecule has 0 radical (unpaired) electrons. The number of amides is 6. The van der Waals surface area contributed by atoms with Gasteiger partial charge in [-0.25, -0.2) is 4.79 Å². The van der Waals surface area contributed by atoms with Gasteiger partial charge in [0.2, 0.25) is 35.4 Å². The van der Waals surface area contributed by atoms with E-state index in [4.69, 9.17) is 5.73 Å². The van der Waals surface area contributed by atoms with Crippen molar-refractivity contribution >= 4 is 41.4 Å². The normalized spacial score (nSPS) is 20.6. The van der Waals surface area contributed by atoms with Gasteiger partial charge in [-0.15, -0.1) is 0 Å². The van der Waals surface area contributed by atoms with E-state index in [0.717, 1.165) is 0 Å². The number of carbonyl (C=O) groups excluding carboxylic acids is 6. The van der Waals surface area contributed by atoms with Crippen molar-refractivity contribution in [3.63, 3.8) is 0 Å². The van der Waals surface area contributed by atoms with Gasteiger partial charge >= 0.3 is 5.97 Å². The molecule has 2 heterocycles. The maximum Gasteiger partial charge on any atom is 0.326 e. The smallest absolute Gasteiger partial charge is 0.326 e. The van der Waals surface area contributed by atoms with Gasteiger partial charge in [0.15, 0.2) is 0 Å². The van der Waals surface area contributed by atoms with Crippen molar-refractivity contribution in [3.05, 3.63) is 35.9 Å². The molecule has 0 aromatic heterocycles. The Labute approximate surface area is 303 Å². The van der Waals surface area contributed by atoms with Crippen LogP contribution in [0, 0.1) is 5.92 Å². The molecule has 1 aromatic carbocycles. The molecular weight excluding hydrogens is 678 g/mol. The van der Waals surface area contributed by atoms with Gasteiger partial charge in [-0.05, 0) is 57.4 Å². The fourth-order valence-electron chi connectivity index (χ4n) is 6.41. The molecular formula is C35H53N7O10. The number of nitrogens with zero attached hydrogens (tertiary/aromatic N) is 2. The number of nitrogens with one attached hydrogen (secondary N) is 4. The van der Waals surface area contributed by atoms with E-state index >= 15 is 0 Å². The lowest BCUT2D eigenvalue weighted by molar-refractivity contribution is -0.149. The number of hydrogen-bond donors (Lipinski definition) is 8. The molecule has 9 N–H and O–H groups in total. The number of carboxylic acids is 1. The third kappa shape index (κ3) is 11.2. The summed E-state index contributed by atoms with van der Waals surface area (Å²) in [6.07, 6.45) is 0.327. The first kappa shape index (κ1) is 41.8. The number of carbonyl (C=O) groups is 7. The minimum absolute atomic E-state index is 0.000268. The number of likely N-dealkylation sites (tertiary alicyclic amines) is 2. The molecule has 2 fully saturated rings. The molecule has 8 atom stereocenters. The largest absolute Gasteiger partial charge is 0.480 e. The lowest BCUT2D eigenvalue weighted by Gasteiger charge is -2.33. The molecule has 0 unspecified atom stereocenters. The number of nitrogens with two attached hydrogens (primary N) is 1. The molecule has 0 spiro atoms. The van der Waals surface area contributed by atoms with Gasteiger partial charge < -0.3 is 52.1 Å². The number of aliphatic hydroxyl groups is 2. The van der Waals surface area contributed by atoms with E-state index in [9.17, 15) is 48.9 Å². The maximum absolute atomic E-state index is 13.9. The van der Waals surface area contributed by atoms with Gasteiger partial charge in [0, 0.05) is 19.5 Å². The minimum atomic E-state index is -1.51. The van der Waals surface area contributed by atoms with Crippen molar-refractivity contribution in [2.75, 3.05) is 19.7 Å². The summed E-state index contributed by atoms with van der Waals surface area (Å²) >= 11 is 0. The van der Waals surface area contributed by atoms with Crippen LogP contribution in [0.5, 0.6) is 0 Å². The van der Waals surface area contributed by atoms with Gasteiger partial charge in [-0.1, -0.05) is 44.2 Å². The zero-order valence-corrected chi connectivity index (χ0v) is 30.1. The van der Waals surface area contributed by atoms with E-state index in [0.29, 0.717) is 24.8 Å². The van der Waals surface area contributed by atoms with Gasteiger partial charge in [0.25, 0.3) is 0 Å². The van der Waals surface area contributed by atoms with Crippen LogP contribution in [0.1, 0.15) is 65.4 Å². The average Bonchev–Trinajstić information content (AvgIpc) is 3.79. The van der Waals surface area contributed by atoms with Crippen molar-refractivity contribution in [1.82, 2.24) is 31.1 Å². The van der Waals surface area contributed by atoms with Crippen molar-refractivity contribution in [2.45, 2.75) is 115 Å². The summed E-state index contributed by atoms with van der Waals surface area (Å²) in [5.41, 5.74) is 6.24. The van der Waals surface area contributed by atoms with Crippen molar-refractivity contribution in [3.8, 4) is 0 Å². The van der Waals surface area contributed by atoms with Crippen LogP contribution in [0.3, 0.4) is 0 Å². The summed E-state index contributed by atoms with van der Waals surface area (Å²) in [7, 11) is 0. The highest BCUT2D eigenvalue weighted by Gasteiger charge is 2.44. The highest BCUT2D eigenvalue weighted by Crippen LogP contribution is 2.26. The molecule has 3 rings (SSSR count). The summed E-state index contributed by atoms with van der Waals surface area (Å²) in [4.78, 5) is 94.5. The van der Waals surface area contributed by atoms with E-state index in [-0.39, 0.29) is 38.3 Å². The highest BCUT2D eigenvalue weighted by molar-refractivity contribution is 5.97. The van der Waals surface area contributed by atoms with E-state index in [1.165, 1.54) is 23.6 Å². The first-order valence-electron chi connectivity index (χ1n) is 17.7. The Kier molecular flexibility index (Phi) is 15.5. The van der Waals surface area contributed by atoms with Crippen LogP contribution < -0.4 is 27.0 Å². The Morgan fingerprint density at radius 3 is 1.94 bits per heavy atom. The number of carboxylic acid groups (broad SMARTS) is 1. The summed E-state index contributed by atoms with van der Waals surface area (Å²) in [5, 5.41) is 40.0. The van der Waals surface area contributed by atoms with Crippen LogP contribution >= 0.6 is 0 Å². The lowest BCUT2D eigenvalue weighted by atomic mass is 10.0. The first-order valence-corrected chi connectivity index (χ1v) is 17.7. The third-order valence-corrected chi connectivity index (χ3v) is 9.17. The number of hydrogen-bond acceptors (Lipinski definition) is 10. The summed E-state index contributed by atoms with van der Waals surface area (Å²) in [6.45, 7) is 5.88. The molecule has 0 bridgehead atoms. The van der Waals surface area contributed by atoms with Crippen LogP contribution in [-0.4, -0.2) is 135 Å². The SMILES string of the molecule is CC(C)C[C@H](NC(=O)[C@@H]1CCCN1C(=O)[C@@H]1CCCN1C(=O)[C@H](CO)NC(=O)[C@H](Cc1ccccc1)NC(=O)[C@@H](NC(=O)[C@H](C)N)[C@@H](C)O)C(=O)O. The molecule has 0 aliphatic carbocycles. The van der Waals surface area contributed by atoms with Crippen LogP contribution in [-0.2, 0) is 40.0 Å². The van der Waals surface area contributed by atoms with Crippen LogP contribution in [0.15, 0.2) is 30.3 Å². The monoisotopic (exact) mass is 731 g/mol. The second-order valence-electron chi connectivity index (χ2n) is 13.9. The summed E-state index contributed by atoms with van der Waals surface area (Å²) < 4.78 is 0. The molecule has 17 nitrogen and oxygen atoms in total. The first-order chi connectivity index (χ1) is 24.5. The fraction of sp³-hybridized carbons (Fsp3) is 0.629. The van der Waals surface area contributed by atoms with E-state index in [1.54, 1.807) is 30.3 Å². The van der Waals surface area contributed by atoms with Gasteiger partial charge in [-0.3, -0.25) is 28.8 Å². The van der Waals surface area contributed by atoms with Gasteiger partial charge in [0.05, 0.1) is 18.8 Å². The number of aliphatic hydroxyl groups excluding tert-OH is 2. The summed E-state index contributed by atoms with van der Waals surface area (Å²) in [5.74, 6) is -5.44. The van der Waals surface area contributed by atoms with Crippen molar-refractivity contribution < 1.29 is 48.9 Å². The number of aliphatic carboxylic acids is 1. The fourth-order valence-corrected chi connectivity index (χ4v) is 6.41. The predicted molar refractivity (Wildman–Crippen MR) is 187 cm³/mol. The quantitative estimate of drug-likeness (QED) is 0.0869. The average molecular weight is 732 g/mol. The van der Waals surface area contributed by atoms with E-state index < -0.39 is 96.4 Å². The van der Waals surface area contributed by atoms with Gasteiger partial charge in [0.1, 0.15) is 36.3 Å². The Bertz CT molecular complexity index is 1440. The van der Waals surface area contributed by atoms with Crippen LogP contribution in [0.25, 0.3) is 0 Å². The second-order valence-corrected chi connectivity index (χ2v) is 13.9. The second kappa shape index (κ2) is 19.3. The van der Waals surface area contributed by atoms with Crippen molar-refractivity contribution in [2.24, 2.45) is 11.7 Å². The molecule has 6 amide bonds. The highest BCUT2D eigenvalue weighted by atomic mass is 16.4. The minimum Gasteiger partial charge on any atom is -0.480 e. The Hall–Kier alpha value is -4.61. The van der Waals surface area contributed by atoms with Crippen LogP contribution in [0.2, 0.25) is 0 Å². The molecule has 1 aromatic rings. The zero-order valence-electron chi connectivity index (χ0n) is 30.1. The van der Waals surface area contributed by atoms with Crippen LogP contribution in [0.4, 0.5) is 0 Å². The zero-order chi connectivity index (χ0) is 38.7. The van der Waals surface area contributed by atoms with E-state index in [2.05, 4.69) is 21.3 Å². The number of benzene rings is 1. The Morgan fingerprint density at radius 2 is 1.38 bits per heavy atom. The maximum atomic E-state index is 13.9. The Morgan fingerprint density at radius 1 is 0.788 bits per heavy atom. The molecule has 2 saturated heterocycles. The Balaban J connectivity index is 1.76. The predicted octanol–water partition coefficient (Wildman–Crippen LogP) is -2.00. The molecule has 2 aliphatic heterocycles. The molecule has 52 heavy (non-hydrogen) atoms. The molecule has 288 valence electrons. The molecule has 17 heteroatoms. The lowest BCUT2D eigenvalue weighted by Crippen LogP contribution is -2.61. The third-order valence-electron chi connectivity index (χ3n) is 9.17. The standard InChI is InChI=1S/C35H53N7O10/c1-19(2)16-24(35(51)52)38-31(47)26-12-8-14-41(26)34(50)27-13-9-15-42(27)33(49)25(18-43)39-30(46)23(17-22-10-6-5-7-11-22)37-32(48)28(21(4)44)40-29(45)20(3)36/h5-7,10-11,19-21,23-28,43-44H,8-9,12-18,36H2,1-4H3,(H,37,48)(H,38,47)(H,39,46)(H,40,45)(H,51,52)/t20-,21+,23-,24-,25-,26-,27-,28-/m0/s1. The molecule has 2 aliphatic rings. The molecule has 0 saturated carbocycles. The number of rotatable bonds is 17. The van der Waals surface area contributed by atoms with Crippen molar-refractivity contribution in [1.29, 1.82) is 0 Å². The topological polar surface area (TPSA) is 261 Å². The van der Waals surface area contributed by atoms with Gasteiger partial charge in [-0.2, -0.15) is 0 Å².